The van der Waals surface area contributed by atoms with Gasteiger partial charge in [0.1, 0.15) is 0 Å². The van der Waals surface area contributed by atoms with Gasteiger partial charge in [0.25, 0.3) is 0 Å². The molecule has 0 aliphatic carbocycles. The van der Waals surface area contributed by atoms with E-state index in [9.17, 15) is 0 Å². The van der Waals surface area contributed by atoms with E-state index in [4.69, 9.17) is 0 Å². The molecule has 1 rings (SSSR count). The molecule has 0 saturated carbocycles. The Morgan fingerprint density at radius 3 is 2.64 bits per heavy atom. The van der Waals surface area contributed by atoms with Gasteiger partial charge in [-0.1, -0.05) is 0 Å². The molecule has 1 N–H and O–H groups in total. The largest absolute Gasteiger partial charge is 0.315 e. The number of nitrogens with zero attached hydrogens (tertiary/aromatic N) is 1. The molecule has 2 heteroatoms. The maximum atomic E-state index is 3.43. The molecule has 0 aromatic carbocycles. The summed E-state index contributed by atoms with van der Waals surface area (Å²) in [5, 5.41) is 3.43. The molecule has 0 radical (unpaired) electrons. The zero-order valence-electron chi connectivity index (χ0n) is 7.93. The van der Waals surface area contributed by atoms with Crippen molar-refractivity contribution < 1.29 is 0 Å². The van der Waals surface area contributed by atoms with Gasteiger partial charge in [-0.3, -0.25) is 4.90 Å². The van der Waals surface area contributed by atoms with Crippen LogP contribution in [0.1, 0.15) is 26.7 Å². The van der Waals surface area contributed by atoms with Crippen LogP contribution in [0.2, 0.25) is 0 Å². The Kier molecular flexibility index (Phi) is 3.34. The van der Waals surface area contributed by atoms with Gasteiger partial charge in [0.15, 0.2) is 0 Å². The molecule has 1 fully saturated rings. The monoisotopic (exact) mass is 156 g/mol. The highest BCUT2D eigenvalue weighted by atomic mass is 15.2. The standard InChI is InChI=1S/C9H20N2/c1-8(2)11(3)9-5-4-6-10-7-9/h8-10H,4-7H2,1-3H3/t9-/m0/s1. The van der Waals surface area contributed by atoms with Crippen molar-refractivity contribution in [1.29, 1.82) is 0 Å². The molecule has 0 aromatic heterocycles. The summed E-state index contributed by atoms with van der Waals surface area (Å²) in [7, 11) is 2.22. The van der Waals surface area contributed by atoms with E-state index < -0.39 is 0 Å². The Morgan fingerprint density at radius 1 is 1.45 bits per heavy atom. The second-order valence-corrected chi connectivity index (χ2v) is 3.76. The summed E-state index contributed by atoms with van der Waals surface area (Å²) in [4.78, 5) is 2.46. The smallest absolute Gasteiger partial charge is 0.0220 e. The average molecular weight is 156 g/mol. The van der Waals surface area contributed by atoms with E-state index in [1.807, 2.05) is 0 Å². The Morgan fingerprint density at radius 2 is 2.18 bits per heavy atom. The van der Waals surface area contributed by atoms with Gasteiger partial charge in [0.2, 0.25) is 0 Å². The molecular weight excluding hydrogens is 136 g/mol. The Labute approximate surface area is 70.0 Å². The highest BCUT2D eigenvalue weighted by Gasteiger charge is 2.18. The van der Waals surface area contributed by atoms with E-state index in [0.717, 1.165) is 6.04 Å². The Hall–Kier alpha value is -0.0800. The average Bonchev–Trinajstić information content (AvgIpc) is 2.05. The zero-order chi connectivity index (χ0) is 8.27. The number of hydrogen-bond donors (Lipinski definition) is 1. The lowest BCUT2D eigenvalue weighted by atomic mass is 10.1. The summed E-state index contributed by atoms with van der Waals surface area (Å²) >= 11 is 0. The van der Waals surface area contributed by atoms with Gasteiger partial charge < -0.3 is 5.32 Å². The molecule has 1 saturated heterocycles. The summed E-state index contributed by atoms with van der Waals surface area (Å²) in [6, 6.07) is 1.45. The first-order chi connectivity index (χ1) is 5.22. The van der Waals surface area contributed by atoms with Crippen molar-refractivity contribution in [1.82, 2.24) is 10.2 Å². The summed E-state index contributed by atoms with van der Waals surface area (Å²) in [6.07, 6.45) is 2.70. The third-order valence-electron chi connectivity index (χ3n) is 2.66. The molecule has 1 heterocycles. The molecule has 1 atom stereocenters. The van der Waals surface area contributed by atoms with Crippen LogP contribution in [0.5, 0.6) is 0 Å². The van der Waals surface area contributed by atoms with E-state index >= 15 is 0 Å². The van der Waals surface area contributed by atoms with Gasteiger partial charge in [-0.25, -0.2) is 0 Å². The molecule has 0 unspecified atom stereocenters. The van der Waals surface area contributed by atoms with Crippen LogP contribution in [-0.2, 0) is 0 Å². The normalized spacial score (nSPS) is 26.5. The second-order valence-electron chi connectivity index (χ2n) is 3.76. The van der Waals surface area contributed by atoms with Gasteiger partial charge in [0, 0.05) is 18.6 Å². The van der Waals surface area contributed by atoms with Gasteiger partial charge in [-0.15, -0.1) is 0 Å². The quantitative estimate of drug-likeness (QED) is 0.643. The van der Waals surface area contributed by atoms with E-state index in [-0.39, 0.29) is 0 Å². The summed E-state index contributed by atoms with van der Waals surface area (Å²) in [5.41, 5.74) is 0. The molecule has 0 amide bonds. The van der Waals surface area contributed by atoms with Crippen LogP contribution in [0.4, 0.5) is 0 Å². The number of nitrogens with one attached hydrogen (secondary N) is 1. The minimum atomic E-state index is 0.680. The second kappa shape index (κ2) is 4.07. The van der Waals surface area contributed by atoms with Crippen molar-refractivity contribution >= 4 is 0 Å². The predicted octanol–water partition coefficient (Wildman–Crippen LogP) is 1.08. The summed E-state index contributed by atoms with van der Waals surface area (Å²) < 4.78 is 0. The van der Waals surface area contributed by atoms with Crippen LogP contribution in [0, 0.1) is 0 Å². The zero-order valence-corrected chi connectivity index (χ0v) is 7.93. The molecule has 11 heavy (non-hydrogen) atoms. The van der Waals surface area contributed by atoms with Crippen LogP contribution >= 0.6 is 0 Å². The molecular formula is C9H20N2. The van der Waals surface area contributed by atoms with Crippen LogP contribution < -0.4 is 5.32 Å². The van der Waals surface area contributed by atoms with Crippen molar-refractivity contribution in [2.45, 2.75) is 38.8 Å². The van der Waals surface area contributed by atoms with Crippen LogP contribution in [-0.4, -0.2) is 37.1 Å². The molecule has 0 spiro atoms. The van der Waals surface area contributed by atoms with Gasteiger partial charge in [-0.2, -0.15) is 0 Å². The lowest BCUT2D eigenvalue weighted by Gasteiger charge is -2.34. The lowest BCUT2D eigenvalue weighted by molar-refractivity contribution is 0.165. The topological polar surface area (TPSA) is 15.3 Å². The van der Waals surface area contributed by atoms with Crippen LogP contribution in [0.25, 0.3) is 0 Å². The van der Waals surface area contributed by atoms with Crippen molar-refractivity contribution in [3.8, 4) is 0 Å². The molecule has 1 aliphatic rings. The van der Waals surface area contributed by atoms with Gasteiger partial charge >= 0.3 is 0 Å². The molecule has 2 nitrogen and oxygen atoms in total. The predicted molar refractivity (Wildman–Crippen MR) is 48.8 cm³/mol. The van der Waals surface area contributed by atoms with E-state index in [0.29, 0.717) is 6.04 Å². The highest BCUT2D eigenvalue weighted by Crippen LogP contribution is 2.10. The van der Waals surface area contributed by atoms with Gasteiger partial charge in [-0.05, 0) is 40.3 Å². The summed E-state index contributed by atoms with van der Waals surface area (Å²) in [6.45, 7) is 6.90. The van der Waals surface area contributed by atoms with Gasteiger partial charge in [0.05, 0.1) is 0 Å². The first-order valence-electron chi connectivity index (χ1n) is 4.64. The Bertz CT molecular complexity index is 106. The molecule has 1 aliphatic heterocycles. The van der Waals surface area contributed by atoms with Crippen molar-refractivity contribution in [3.05, 3.63) is 0 Å². The van der Waals surface area contributed by atoms with Crippen molar-refractivity contribution in [2.24, 2.45) is 0 Å². The number of rotatable bonds is 2. The summed E-state index contributed by atoms with van der Waals surface area (Å²) in [5.74, 6) is 0. The maximum Gasteiger partial charge on any atom is 0.0220 e. The maximum absolute atomic E-state index is 3.43. The minimum absolute atomic E-state index is 0.680. The fourth-order valence-corrected chi connectivity index (χ4v) is 1.60. The first kappa shape index (κ1) is 9.01. The number of likely N-dealkylation sites (N-methyl/N-ethyl adjacent to an activating group) is 1. The van der Waals surface area contributed by atoms with Crippen molar-refractivity contribution in [2.75, 3.05) is 20.1 Å². The minimum Gasteiger partial charge on any atom is -0.315 e. The van der Waals surface area contributed by atoms with Crippen LogP contribution in [0.15, 0.2) is 0 Å². The number of piperidine rings is 1. The fraction of sp³-hybridized carbons (Fsp3) is 1.00. The Balaban J connectivity index is 2.32. The van der Waals surface area contributed by atoms with Crippen molar-refractivity contribution in [3.63, 3.8) is 0 Å². The van der Waals surface area contributed by atoms with E-state index in [1.54, 1.807) is 0 Å². The fourth-order valence-electron chi connectivity index (χ4n) is 1.60. The van der Waals surface area contributed by atoms with E-state index in [1.165, 1.54) is 25.9 Å². The lowest BCUT2D eigenvalue weighted by Crippen LogP contribution is -2.46. The molecule has 0 bridgehead atoms. The third kappa shape index (κ3) is 2.46. The third-order valence-corrected chi connectivity index (χ3v) is 2.66. The highest BCUT2D eigenvalue weighted by molar-refractivity contribution is 4.77. The van der Waals surface area contributed by atoms with E-state index in [2.05, 4.69) is 31.1 Å². The first-order valence-corrected chi connectivity index (χ1v) is 4.64. The number of hydrogen-bond acceptors (Lipinski definition) is 2. The SMILES string of the molecule is CC(C)N(C)[C@H]1CCCNC1. The molecule has 0 aromatic rings. The molecule has 66 valence electrons. The van der Waals surface area contributed by atoms with Crippen LogP contribution in [0.3, 0.4) is 0 Å².